The van der Waals surface area contributed by atoms with Gasteiger partial charge in [-0.3, -0.25) is 0 Å². The molecule has 2 N–H and O–H groups in total. The molecule has 0 unspecified atom stereocenters. The van der Waals surface area contributed by atoms with Crippen molar-refractivity contribution >= 4 is 11.9 Å². The molecule has 1 aromatic heterocycles. The number of hydrogen-bond donors (Lipinski definition) is 1. The van der Waals surface area contributed by atoms with Crippen LogP contribution in [0.3, 0.4) is 0 Å². The first kappa shape index (κ1) is 16.4. The molecule has 0 amide bonds. The van der Waals surface area contributed by atoms with Gasteiger partial charge in [-0.1, -0.05) is 0 Å². The van der Waals surface area contributed by atoms with E-state index in [9.17, 15) is 0 Å². The van der Waals surface area contributed by atoms with Crippen LogP contribution in [0.5, 0.6) is 6.01 Å². The molecule has 0 saturated carbocycles. The molecule has 8 heteroatoms. The molecule has 1 heterocycles. The van der Waals surface area contributed by atoms with Gasteiger partial charge in [0.2, 0.25) is 11.9 Å². The molecule has 114 valence electrons. The van der Waals surface area contributed by atoms with Gasteiger partial charge in [0.25, 0.3) is 0 Å². The Morgan fingerprint density at radius 2 is 1.80 bits per heavy atom. The summed E-state index contributed by atoms with van der Waals surface area (Å²) in [6, 6.07) is 0.240. The topological polar surface area (TPSA) is 95.6 Å². The summed E-state index contributed by atoms with van der Waals surface area (Å²) in [5.41, 5.74) is 5.69. The lowest BCUT2D eigenvalue weighted by Crippen LogP contribution is -2.31. The summed E-state index contributed by atoms with van der Waals surface area (Å²) in [6.07, 6.45) is 0.857. The molecule has 0 fully saturated rings. The fourth-order valence-electron chi connectivity index (χ4n) is 1.61. The Labute approximate surface area is 119 Å². The highest BCUT2D eigenvalue weighted by molar-refractivity contribution is 5.35. The quantitative estimate of drug-likeness (QED) is 0.615. The summed E-state index contributed by atoms with van der Waals surface area (Å²) in [7, 11) is 3.33. The average molecular weight is 285 g/mol. The number of aromatic nitrogens is 3. The summed E-state index contributed by atoms with van der Waals surface area (Å²) >= 11 is 0. The van der Waals surface area contributed by atoms with Crippen LogP contribution < -0.4 is 15.4 Å². The molecule has 0 aliphatic carbocycles. The van der Waals surface area contributed by atoms with E-state index in [4.69, 9.17) is 19.9 Å². The first-order valence-corrected chi connectivity index (χ1v) is 6.58. The van der Waals surface area contributed by atoms with E-state index in [0.29, 0.717) is 32.3 Å². The third kappa shape index (κ3) is 5.54. The zero-order chi connectivity index (χ0) is 14.8. The average Bonchev–Trinajstić information content (AvgIpc) is 2.42. The molecule has 0 radical (unpaired) electrons. The van der Waals surface area contributed by atoms with E-state index in [1.807, 2.05) is 11.8 Å². The molecule has 1 rings (SSSR count). The number of hydrogen-bond acceptors (Lipinski definition) is 8. The predicted octanol–water partition coefficient (Wildman–Crippen LogP) is 0.342. The Morgan fingerprint density at radius 1 is 1.05 bits per heavy atom. The first-order valence-electron chi connectivity index (χ1n) is 6.58. The number of ether oxygens (including phenoxy) is 3. The van der Waals surface area contributed by atoms with Crippen LogP contribution in [0, 0.1) is 0 Å². The van der Waals surface area contributed by atoms with E-state index in [2.05, 4.69) is 15.0 Å². The van der Waals surface area contributed by atoms with Gasteiger partial charge in [-0.05, 0) is 13.3 Å². The molecule has 0 aromatic carbocycles. The molecular formula is C12H23N5O3. The van der Waals surface area contributed by atoms with E-state index < -0.39 is 0 Å². The normalized spacial score (nSPS) is 10.6. The second-order valence-electron chi connectivity index (χ2n) is 4.04. The van der Waals surface area contributed by atoms with Gasteiger partial charge in [-0.15, -0.1) is 0 Å². The number of nitrogen functional groups attached to an aromatic ring is 1. The van der Waals surface area contributed by atoms with Crippen LogP contribution in [0.15, 0.2) is 0 Å². The maximum Gasteiger partial charge on any atom is 0.323 e. The minimum atomic E-state index is 0.146. The van der Waals surface area contributed by atoms with Crippen molar-refractivity contribution in [3.05, 3.63) is 0 Å². The van der Waals surface area contributed by atoms with Crippen LogP contribution >= 0.6 is 0 Å². The van der Waals surface area contributed by atoms with Crippen LogP contribution in [0.4, 0.5) is 11.9 Å². The standard InChI is InChI=1S/C12H23N5O3/c1-4-20-12-15-10(13)14-11(16-12)17(7-9-19-3)6-5-8-18-2/h4-9H2,1-3H3,(H2,13,14,15,16). The molecular weight excluding hydrogens is 262 g/mol. The lowest BCUT2D eigenvalue weighted by atomic mass is 10.4. The summed E-state index contributed by atoms with van der Waals surface area (Å²) in [5, 5.41) is 0. The highest BCUT2D eigenvalue weighted by atomic mass is 16.5. The van der Waals surface area contributed by atoms with Gasteiger partial charge >= 0.3 is 6.01 Å². The summed E-state index contributed by atoms with van der Waals surface area (Å²) in [6.45, 7) is 4.98. The highest BCUT2D eigenvalue weighted by Gasteiger charge is 2.13. The van der Waals surface area contributed by atoms with Gasteiger partial charge in [-0.2, -0.15) is 15.0 Å². The molecule has 0 atom stereocenters. The first-order chi connectivity index (χ1) is 9.71. The largest absolute Gasteiger partial charge is 0.464 e. The summed E-state index contributed by atoms with van der Waals surface area (Å²) in [5.74, 6) is 0.640. The Bertz CT molecular complexity index is 391. The number of rotatable bonds is 10. The van der Waals surface area contributed by atoms with Crippen molar-refractivity contribution in [3.8, 4) is 6.01 Å². The van der Waals surface area contributed by atoms with Crippen molar-refractivity contribution < 1.29 is 14.2 Å². The minimum absolute atomic E-state index is 0.146. The fraction of sp³-hybridized carbons (Fsp3) is 0.750. The number of nitrogens with two attached hydrogens (primary N) is 1. The van der Waals surface area contributed by atoms with Crippen molar-refractivity contribution in [1.82, 2.24) is 15.0 Å². The van der Waals surface area contributed by atoms with E-state index in [0.717, 1.165) is 13.0 Å². The van der Waals surface area contributed by atoms with E-state index in [1.54, 1.807) is 14.2 Å². The van der Waals surface area contributed by atoms with E-state index >= 15 is 0 Å². The van der Waals surface area contributed by atoms with Gasteiger partial charge in [0.1, 0.15) is 0 Å². The minimum Gasteiger partial charge on any atom is -0.464 e. The van der Waals surface area contributed by atoms with Gasteiger partial charge in [0, 0.05) is 33.9 Å². The lowest BCUT2D eigenvalue weighted by molar-refractivity contribution is 0.190. The molecule has 0 bridgehead atoms. The van der Waals surface area contributed by atoms with Gasteiger partial charge in [0.05, 0.1) is 13.2 Å². The summed E-state index contributed by atoms with van der Waals surface area (Å²) < 4.78 is 15.4. The smallest absolute Gasteiger partial charge is 0.323 e. The number of nitrogens with zero attached hydrogens (tertiary/aromatic N) is 4. The Morgan fingerprint density at radius 3 is 2.45 bits per heavy atom. The summed E-state index contributed by atoms with van der Waals surface area (Å²) in [4.78, 5) is 14.3. The van der Waals surface area contributed by atoms with E-state index in [-0.39, 0.29) is 12.0 Å². The Kier molecular flexibility index (Phi) is 7.59. The Balaban J connectivity index is 2.81. The molecule has 0 spiro atoms. The lowest BCUT2D eigenvalue weighted by Gasteiger charge is -2.22. The number of methoxy groups -OCH3 is 2. The number of anilines is 2. The molecule has 0 aliphatic heterocycles. The molecule has 0 aliphatic rings. The molecule has 8 nitrogen and oxygen atoms in total. The van der Waals surface area contributed by atoms with Gasteiger partial charge in [-0.25, -0.2) is 0 Å². The maximum absolute atomic E-state index is 5.69. The highest BCUT2D eigenvalue weighted by Crippen LogP contribution is 2.13. The maximum atomic E-state index is 5.69. The van der Waals surface area contributed by atoms with Crippen molar-refractivity contribution in [2.75, 3.05) is 57.8 Å². The zero-order valence-electron chi connectivity index (χ0n) is 12.3. The van der Waals surface area contributed by atoms with Crippen LogP contribution in [-0.2, 0) is 9.47 Å². The van der Waals surface area contributed by atoms with Gasteiger partial charge < -0.3 is 24.8 Å². The van der Waals surface area contributed by atoms with Crippen molar-refractivity contribution in [1.29, 1.82) is 0 Å². The van der Waals surface area contributed by atoms with Crippen LogP contribution in [0.2, 0.25) is 0 Å². The van der Waals surface area contributed by atoms with Gasteiger partial charge in [0.15, 0.2) is 0 Å². The second kappa shape index (κ2) is 9.27. The van der Waals surface area contributed by atoms with Crippen LogP contribution in [0.1, 0.15) is 13.3 Å². The molecule has 20 heavy (non-hydrogen) atoms. The van der Waals surface area contributed by atoms with Crippen molar-refractivity contribution in [2.45, 2.75) is 13.3 Å². The monoisotopic (exact) mass is 285 g/mol. The predicted molar refractivity (Wildman–Crippen MR) is 76.0 cm³/mol. The van der Waals surface area contributed by atoms with Crippen molar-refractivity contribution in [3.63, 3.8) is 0 Å². The SMILES string of the molecule is CCOc1nc(N)nc(N(CCCOC)CCOC)n1. The third-order valence-corrected chi connectivity index (χ3v) is 2.52. The Hall–Kier alpha value is -1.67. The van der Waals surface area contributed by atoms with Crippen LogP contribution in [0.25, 0.3) is 0 Å². The fourth-order valence-corrected chi connectivity index (χ4v) is 1.61. The van der Waals surface area contributed by atoms with E-state index in [1.165, 1.54) is 0 Å². The second-order valence-corrected chi connectivity index (χ2v) is 4.04. The third-order valence-electron chi connectivity index (χ3n) is 2.52. The van der Waals surface area contributed by atoms with Crippen molar-refractivity contribution in [2.24, 2.45) is 0 Å². The zero-order valence-corrected chi connectivity index (χ0v) is 12.3. The molecule has 1 aromatic rings. The van der Waals surface area contributed by atoms with Crippen LogP contribution in [-0.4, -0.2) is 62.1 Å². The molecule has 0 saturated heterocycles.